The topological polar surface area (TPSA) is 46.3 Å². The average molecular weight is 321 g/mol. The molecule has 0 saturated heterocycles. The maximum atomic E-state index is 13.4. The van der Waals surface area contributed by atoms with Gasteiger partial charge < -0.3 is 10.6 Å². The Labute approximate surface area is 142 Å². The second-order valence-electron chi connectivity index (χ2n) is 8.28. The van der Waals surface area contributed by atoms with Gasteiger partial charge in [-0.15, -0.1) is 0 Å². The van der Waals surface area contributed by atoms with Crippen LogP contribution in [0.25, 0.3) is 0 Å². The van der Waals surface area contributed by atoms with E-state index in [-0.39, 0.29) is 0 Å². The molecule has 0 aliphatic heterocycles. The summed E-state index contributed by atoms with van der Waals surface area (Å²) < 4.78 is 0. The van der Waals surface area contributed by atoms with E-state index >= 15 is 0 Å². The number of amides is 1. The lowest BCUT2D eigenvalue weighted by atomic mass is 9.80. The smallest absolute Gasteiger partial charge is 0.226 e. The van der Waals surface area contributed by atoms with E-state index in [4.69, 9.17) is 5.73 Å². The van der Waals surface area contributed by atoms with Crippen molar-refractivity contribution in [1.29, 1.82) is 0 Å². The third kappa shape index (κ3) is 4.29. The summed E-state index contributed by atoms with van der Waals surface area (Å²) in [5.41, 5.74) is 5.82. The molecule has 0 bridgehead atoms. The first-order valence-corrected chi connectivity index (χ1v) is 10.3. The van der Waals surface area contributed by atoms with Gasteiger partial charge in [-0.1, -0.05) is 38.5 Å². The van der Waals surface area contributed by atoms with Crippen LogP contribution in [0.2, 0.25) is 0 Å². The molecule has 3 aliphatic carbocycles. The minimum atomic E-state index is 0.293. The minimum absolute atomic E-state index is 0.293. The van der Waals surface area contributed by atoms with Gasteiger partial charge in [-0.3, -0.25) is 4.79 Å². The number of carbonyl (C=O) groups is 1. The van der Waals surface area contributed by atoms with Crippen molar-refractivity contribution >= 4 is 5.91 Å². The summed E-state index contributed by atoms with van der Waals surface area (Å²) in [5, 5.41) is 0. The Bertz CT molecular complexity index is 346. The van der Waals surface area contributed by atoms with Gasteiger partial charge in [-0.2, -0.15) is 0 Å². The second kappa shape index (κ2) is 8.50. The highest BCUT2D eigenvalue weighted by atomic mass is 16.2. The Morgan fingerprint density at radius 1 is 0.739 bits per heavy atom. The fraction of sp³-hybridized carbons (Fsp3) is 0.950. The Morgan fingerprint density at radius 2 is 1.22 bits per heavy atom. The molecule has 1 amide bonds. The van der Waals surface area contributed by atoms with Crippen molar-refractivity contribution in [2.75, 3.05) is 6.54 Å². The van der Waals surface area contributed by atoms with E-state index in [9.17, 15) is 4.79 Å². The van der Waals surface area contributed by atoms with E-state index in [1.807, 2.05) is 0 Å². The predicted molar refractivity (Wildman–Crippen MR) is 95.1 cm³/mol. The molecule has 0 spiro atoms. The third-order valence-corrected chi connectivity index (χ3v) is 6.72. The zero-order chi connectivity index (χ0) is 16.1. The molecule has 0 unspecified atom stereocenters. The van der Waals surface area contributed by atoms with Crippen molar-refractivity contribution in [2.45, 2.75) is 102 Å². The molecule has 3 fully saturated rings. The number of hydrogen-bond acceptors (Lipinski definition) is 2. The molecular formula is C20H36N2O. The molecule has 132 valence electrons. The van der Waals surface area contributed by atoms with Gasteiger partial charge in [0.25, 0.3) is 0 Å². The third-order valence-electron chi connectivity index (χ3n) is 6.72. The summed E-state index contributed by atoms with van der Waals surface area (Å²) in [5.74, 6) is 1.47. The first-order chi connectivity index (χ1) is 11.3. The fourth-order valence-electron chi connectivity index (χ4n) is 5.23. The highest BCUT2D eigenvalue weighted by Gasteiger charge is 2.37. The lowest BCUT2D eigenvalue weighted by Gasteiger charge is -2.44. The molecule has 0 radical (unpaired) electrons. The van der Waals surface area contributed by atoms with E-state index < -0.39 is 0 Å². The number of nitrogens with zero attached hydrogens (tertiary/aromatic N) is 1. The van der Waals surface area contributed by atoms with Crippen molar-refractivity contribution in [2.24, 2.45) is 17.6 Å². The highest BCUT2D eigenvalue weighted by Crippen LogP contribution is 2.35. The van der Waals surface area contributed by atoms with Crippen LogP contribution in [-0.2, 0) is 4.79 Å². The molecule has 3 nitrogen and oxygen atoms in total. The molecule has 0 aromatic carbocycles. The lowest BCUT2D eigenvalue weighted by Crippen LogP contribution is -2.51. The summed E-state index contributed by atoms with van der Waals surface area (Å²) in [6.07, 6.45) is 17.5. The normalized spacial score (nSPS) is 31.0. The summed E-state index contributed by atoms with van der Waals surface area (Å²) in [7, 11) is 0. The first kappa shape index (κ1) is 17.3. The van der Waals surface area contributed by atoms with E-state index in [1.54, 1.807) is 0 Å². The van der Waals surface area contributed by atoms with Crippen molar-refractivity contribution < 1.29 is 4.79 Å². The standard InChI is InChI=1S/C20H36N2O/c21-15-16-11-13-17(14-12-16)20(23)22(18-7-3-1-4-8-18)19-9-5-2-6-10-19/h16-19H,1-15,21H2. The highest BCUT2D eigenvalue weighted by molar-refractivity contribution is 5.79. The van der Waals surface area contributed by atoms with Crippen LogP contribution < -0.4 is 5.73 Å². The van der Waals surface area contributed by atoms with Gasteiger partial charge in [0.1, 0.15) is 0 Å². The maximum absolute atomic E-state index is 13.4. The quantitative estimate of drug-likeness (QED) is 0.842. The lowest BCUT2D eigenvalue weighted by molar-refractivity contribution is -0.143. The van der Waals surface area contributed by atoms with Crippen molar-refractivity contribution in [3.05, 3.63) is 0 Å². The Balaban J connectivity index is 1.67. The number of carbonyl (C=O) groups excluding carboxylic acids is 1. The second-order valence-corrected chi connectivity index (χ2v) is 8.28. The molecule has 3 rings (SSSR count). The minimum Gasteiger partial charge on any atom is -0.336 e. The van der Waals surface area contributed by atoms with E-state index in [2.05, 4.69) is 4.90 Å². The summed E-state index contributed by atoms with van der Waals surface area (Å²) in [6.45, 7) is 0.801. The molecule has 3 heteroatoms. The molecule has 0 aromatic rings. The molecule has 23 heavy (non-hydrogen) atoms. The van der Waals surface area contributed by atoms with Gasteiger partial charge in [0.2, 0.25) is 5.91 Å². The van der Waals surface area contributed by atoms with Gasteiger partial charge in [0.05, 0.1) is 0 Å². The monoisotopic (exact) mass is 320 g/mol. The summed E-state index contributed by atoms with van der Waals surface area (Å²) in [4.78, 5) is 15.8. The van der Waals surface area contributed by atoms with Crippen molar-refractivity contribution in [1.82, 2.24) is 4.90 Å². The van der Waals surface area contributed by atoms with Crippen LogP contribution >= 0.6 is 0 Å². The van der Waals surface area contributed by atoms with Crippen molar-refractivity contribution in [3.63, 3.8) is 0 Å². The zero-order valence-electron chi connectivity index (χ0n) is 14.8. The van der Waals surface area contributed by atoms with Crippen LogP contribution in [0.3, 0.4) is 0 Å². The summed E-state index contributed by atoms with van der Waals surface area (Å²) in [6, 6.07) is 1.10. The molecule has 3 saturated carbocycles. The first-order valence-electron chi connectivity index (χ1n) is 10.3. The SMILES string of the molecule is NCC1CCC(C(=O)N(C2CCCCC2)C2CCCCC2)CC1. The van der Waals surface area contributed by atoms with E-state index in [0.29, 0.717) is 29.8 Å². The van der Waals surface area contributed by atoms with Gasteiger partial charge in [-0.25, -0.2) is 0 Å². The van der Waals surface area contributed by atoms with Crippen molar-refractivity contribution in [3.8, 4) is 0 Å². The molecule has 0 atom stereocenters. The molecular weight excluding hydrogens is 284 g/mol. The van der Waals surface area contributed by atoms with Crippen LogP contribution in [0.5, 0.6) is 0 Å². The Morgan fingerprint density at radius 3 is 1.65 bits per heavy atom. The summed E-state index contributed by atoms with van der Waals surface area (Å²) >= 11 is 0. The Hall–Kier alpha value is -0.570. The van der Waals surface area contributed by atoms with Gasteiger partial charge in [-0.05, 0) is 63.8 Å². The number of nitrogens with two attached hydrogens (primary N) is 1. The fourth-order valence-corrected chi connectivity index (χ4v) is 5.23. The molecule has 2 N–H and O–H groups in total. The van der Waals surface area contributed by atoms with Crippen LogP contribution in [0.4, 0.5) is 0 Å². The van der Waals surface area contributed by atoms with Crippen LogP contribution in [0, 0.1) is 11.8 Å². The largest absolute Gasteiger partial charge is 0.336 e. The van der Waals surface area contributed by atoms with E-state index in [1.165, 1.54) is 64.2 Å². The van der Waals surface area contributed by atoms with E-state index in [0.717, 1.165) is 32.2 Å². The number of hydrogen-bond donors (Lipinski definition) is 1. The predicted octanol–water partition coefficient (Wildman–Crippen LogP) is 4.25. The zero-order valence-corrected chi connectivity index (χ0v) is 14.8. The maximum Gasteiger partial charge on any atom is 0.226 e. The van der Waals surface area contributed by atoms with Gasteiger partial charge >= 0.3 is 0 Å². The van der Waals surface area contributed by atoms with Gasteiger partial charge in [0.15, 0.2) is 0 Å². The molecule has 0 aromatic heterocycles. The van der Waals surface area contributed by atoms with Gasteiger partial charge in [0, 0.05) is 18.0 Å². The van der Waals surface area contributed by atoms with Crippen LogP contribution in [-0.4, -0.2) is 29.4 Å². The van der Waals surface area contributed by atoms with Crippen LogP contribution in [0.1, 0.15) is 89.9 Å². The number of rotatable bonds is 4. The molecule has 3 aliphatic rings. The van der Waals surface area contributed by atoms with Crippen LogP contribution in [0.15, 0.2) is 0 Å². The Kier molecular flexibility index (Phi) is 6.38. The molecule has 0 heterocycles. The average Bonchev–Trinajstić information content (AvgIpc) is 2.64.